The van der Waals surface area contributed by atoms with Gasteiger partial charge in [-0.1, -0.05) is 30.0 Å². The van der Waals surface area contributed by atoms with Crippen LogP contribution in [0.3, 0.4) is 0 Å². The summed E-state index contributed by atoms with van der Waals surface area (Å²) in [5.74, 6) is 0.465. The van der Waals surface area contributed by atoms with Crippen molar-refractivity contribution in [3.63, 3.8) is 0 Å². The van der Waals surface area contributed by atoms with Gasteiger partial charge in [-0.25, -0.2) is 14.4 Å². The first-order chi connectivity index (χ1) is 12.0. The molecule has 0 spiro atoms. The van der Waals surface area contributed by atoms with Crippen molar-refractivity contribution < 1.29 is 9.18 Å². The molecule has 0 saturated carbocycles. The summed E-state index contributed by atoms with van der Waals surface area (Å²) in [6.07, 6.45) is 0. The Morgan fingerprint density at radius 3 is 2.76 bits per heavy atom. The minimum absolute atomic E-state index is 0.151. The van der Waals surface area contributed by atoms with E-state index in [0.717, 1.165) is 20.8 Å². The number of thiophene rings is 1. The number of aromatic nitrogens is 2. The van der Waals surface area contributed by atoms with Gasteiger partial charge in [0.25, 0.3) is 0 Å². The molecular weight excluding hydrogens is 357 g/mol. The molecule has 0 saturated heterocycles. The molecule has 0 unspecified atom stereocenters. The minimum atomic E-state index is -0.312. The summed E-state index contributed by atoms with van der Waals surface area (Å²) in [5, 5.41) is 4.60. The predicted octanol–water partition coefficient (Wildman–Crippen LogP) is 4.16. The van der Waals surface area contributed by atoms with Gasteiger partial charge in [-0.2, -0.15) is 0 Å². The summed E-state index contributed by atoms with van der Waals surface area (Å²) < 4.78 is 13.6. The normalized spacial score (nSPS) is 11.0. The molecule has 1 amide bonds. The third kappa shape index (κ3) is 3.99. The number of nitrogens with zero attached hydrogens (tertiary/aromatic N) is 2. The second-order valence-electron chi connectivity index (χ2n) is 5.70. The molecule has 1 N–H and O–H groups in total. The van der Waals surface area contributed by atoms with Crippen molar-refractivity contribution in [2.45, 2.75) is 32.3 Å². The van der Waals surface area contributed by atoms with Crippen LogP contribution in [0, 0.1) is 26.6 Å². The highest BCUT2D eigenvalue weighted by Crippen LogP contribution is 2.34. The molecule has 7 heteroatoms. The maximum Gasteiger partial charge on any atom is 0.230 e. The summed E-state index contributed by atoms with van der Waals surface area (Å²) in [7, 11) is 0. The molecule has 3 rings (SSSR count). The SMILES string of the molecule is Cc1nc(SCC(=O)NCc2ccccc2F)c2c(C)c(C)sc2n1. The monoisotopic (exact) mass is 375 g/mol. The molecule has 0 aliphatic rings. The summed E-state index contributed by atoms with van der Waals surface area (Å²) in [6.45, 7) is 6.15. The average molecular weight is 375 g/mol. The Balaban J connectivity index is 1.68. The van der Waals surface area contributed by atoms with Crippen molar-refractivity contribution >= 4 is 39.2 Å². The zero-order chi connectivity index (χ0) is 18.0. The predicted molar refractivity (Wildman–Crippen MR) is 101 cm³/mol. The maximum atomic E-state index is 13.6. The van der Waals surface area contributed by atoms with Crippen LogP contribution in [0.15, 0.2) is 29.3 Å². The number of amides is 1. The van der Waals surface area contributed by atoms with E-state index in [1.165, 1.54) is 22.7 Å². The molecule has 3 aromatic rings. The Bertz CT molecular complexity index is 939. The van der Waals surface area contributed by atoms with Gasteiger partial charge in [0, 0.05) is 22.4 Å². The lowest BCUT2D eigenvalue weighted by Crippen LogP contribution is -2.25. The molecular formula is C18H18FN3OS2. The van der Waals surface area contributed by atoms with Crippen LogP contribution in [0.25, 0.3) is 10.2 Å². The zero-order valence-electron chi connectivity index (χ0n) is 14.2. The van der Waals surface area contributed by atoms with Gasteiger partial charge in [-0.05, 0) is 32.4 Å². The van der Waals surface area contributed by atoms with Gasteiger partial charge in [-0.3, -0.25) is 4.79 Å². The molecule has 0 atom stereocenters. The average Bonchev–Trinajstić information content (AvgIpc) is 2.86. The van der Waals surface area contributed by atoms with Crippen molar-refractivity contribution in [1.82, 2.24) is 15.3 Å². The summed E-state index contributed by atoms with van der Waals surface area (Å²) in [4.78, 5) is 23.3. The number of rotatable bonds is 5. The number of halogens is 1. The Morgan fingerprint density at radius 1 is 1.24 bits per heavy atom. The zero-order valence-corrected chi connectivity index (χ0v) is 15.9. The number of thioether (sulfide) groups is 1. The van der Waals surface area contributed by atoms with Crippen LogP contribution in [-0.2, 0) is 11.3 Å². The number of fused-ring (bicyclic) bond motifs is 1. The third-order valence-electron chi connectivity index (χ3n) is 3.88. The fourth-order valence-corrected chi connectivity index (χ4v) is 4.54. The first-order valence-corrected chi connectivity index (χ1v) is 9.63. The molecule has 0 aliphatic heterocycles. The Kier molecular flexibility index (Phi) is 5.34. The van der Waals surface area contributed by atoms with E-state index in [4.69, 9.17) is 0 Å². The molecule has 0 aliphatic carbocycles. The van der Waals surface area contributed by atoms with E-state index in [2.05, 4.69) is 29.1 Å². The van der Waals surface area contributed by atoms with Crippen molar-refractivity contribution in [3.8, 4) is 0 Å². The first-order valence-electron chi connectivity index (χ1n) is 7.83. The largest absolute Gasteiger partial charge is 0.351 e. The van der Waals surface area contributed by atoms with Crippen molar-refractivity contribution in [2.24, 2.45) is 0 Å². The number of aryl methyl sites for hydroxylation is 3. The number of benzene rings is 1. The second kappa shape index (κ2) is 7.49. The van der Waals surface area contributed by atoms with Crippen LogP contribution >= 0.6 is 23.1 Å². The van der Waals surface area contributed by atoms with E-state index in [0.29, 0.717) is 11.4 Å². The van der Waals surface area contributed by atoms with Gasteiger partial charge in [0.15, 0.2) is 0 Å². The number of carbonyl (C=O) groups is 1. The van der Waals surface area contributed by atoms with Crippen LogP contribution in [0.5, 0.6) is 0 Å². The van der Waals surface area contributed by atoms with Crippen LogP contribution in [0.2, 0.25) is 0 Å². The number of nitrogens with one attached hydrogen (secondary N) is 1. The number of carbonyl (C=O) groups excluding carboxylic acids is 1. The standard InChI is InChI=1S/C18H18FN3OS2/c1-10-11(2)25-18-16(10)17(21-12(3)22-18)24-9-15(23)20-8-13-6-4-5-7-14(13)19/h4-7H,8-9H2,1-3H3,(H,20,23). The van der Waals surface area contributed by atoms with Crippen molar-refractivity contribution in [1.29, 1.82) is 0 Å². The summed E-state index contributed by atoms with van der Waals surface area (Å²) in [5.41, 5.74) is 1.64. The summed E-state index contributed by atoms with van der Waals surface area (Å²) >= 11 is 3.03. The molecule has 1 aromatic carbocycles. The Labute approximate surface area is 153 Å². The van der Waals surface area contributed by atoms with Gasteiger partial charge < -0.3 is 5.32 Å². The highest BCUT2D eigenvalue weighted by Gasteiger charge is 2.15. The summed E-state index contributed by atoms with van der Waals surface area (Å²) in [6, 6.07) is 6.43. The van der Waals surface area contributed by atoms with Gasteiger partial charge in [-0.15, -0.1) is 11.3 Å². The molecule has 130 valence electrons. The molecule has 0 radical (unpaired) electrons. The van der Waals surface area contributed by atoms with Gasteiger partial charge in [0.2, 0.25) is 5.91 Å². The quantitative estimate of drug-likeness (QED) is 0.537. The van der Waals surface area contributed by atoms with Gasteiger partial charge in [0.05, 0.1) is 5.75 Å². The molecule has 2 heterocycles. The Morgan fingerprint density at radius 2 is 2.00 bits per heavy atom. The number of hydrogen-bond acceptors (Lipinski definition) is 5. The smallest absolute Gasteiger partial charge is 0.230 e. The van der Waals surface area contributed by atoms with Crippen LogP contribution in [0.4, 0.5) is 4.39 Å². The lowest BCUT2D eigenvalue weighted by atomic mass is 10.2. The van der Waals surface area contributed by atoms with E-state index in [1.54, 1.807) is 29.5 Å². The maximum absolute atomic E-state index is 13.6. The topological polar surface area (TPSA) is 54.9 Å². The molecule has 0 fully saturated rings. The third-order valence-corrected chi connectivity index (χ3v) is 5.96. The molecule has 4 nitrogen and oxygen atoms in total. The Hall–Kier alpha value is -1.99. The first kappa shape index (κ1) is 17.8. The van der Waals surface area contributed by atoms with E-state index in [1.807, 2.05) is 6.92 Å². The lowest BCUT2D eigenvalue weighted by Gasteiger charge is -2.07. The molecule has 0 bridgehead atoms. The van der Waals surface area contributed by atoms with Crippen LogP contribution in [-0.4, -0.2) is 21.6 Å². The van der Waals surface area contributed by atoms with Gasteiger partial charge in [0.1, 0.15) is 21.5 Å². The van der Waals surface area contributed by atoms with E-state index < -0.39 is 0 Å². The highest BCUT2D eigenvalue weighted by atomic mass is 32.2. The fraction of sp³-hybridized carbons (Fsp3) is 0.278. The van der Waals surface area contributed by atoms with E-state index in [9.17, 15) is 9.18 Å². The fourth-order valence-electron chi connectivity index (χ4n) is 2.44. The van der Waals surface area contributed by atoms with E-state index in [-0.39, 0.29) is 24.0 Å². The van der Waals surface area contributed by atoms with Crippen LogP contribution in [0.1, 0.15) is 21.8 Å². The highest BCUT2D eigenvalue weighted by molar-refractivity contribution is 8.00. The van der Waals surface area contributed by atoms with Crippen molar-refractivity contribution in [2.75, 3.05) is 5.75 Å². The molecule has 25 heavy (non-hydrogen) atoms. The van der Waals surface area contributed by atoms with E-state index >= 15 is 0 Å². The molecule has 2 aromatic heterocycles. The lowest BCUT2D eigenvalue weighted by molar-refractivity contribution is -0.118. The van der Waals surface area contributed by atoms with Crippen molar-refractivity contribution in [3.05, 3.63) is 51.9 Å². The second-order valence-corrected chi connectivity index (χ2v) is 7.86. The van der Waals surface area contributed by atoms with Crippen LogP contribution < -0.4 is 5.32 Å². The number of hydrogen-bond donors (Lipinski definition) is 1. The van der Waals surface area contributed by atoms with Gasteiger partial charge >= 0.3 is 0 Å². The minimum Gasteiger partial charge on any atom is -0.351 e.